The number of hydrogen-bond donors (Lipinski definition) is 1. The summed E-state index contributed by atoms with van der Waals surface area (Å²) in [6.45, 7) is 0. The fourth-order valence-corrected chi connectivity index (χ4v) is 6.87. The summed E-state index contributed by atoms with van der Waals surface area (Å²) in [5.41, 5.74) is 3.30. The summed E-state index contributed by atoms with van der Waals surface area (Å²) in [5.74, 6) is -3.27. The first-order chi connectivity index (χ1) is 20.6. The number of carbonyl (C=O) groups excluding carboxylic acids is 1. The molecule has 0 radical (unpaired) electrons. The van der Waals surface area contributed by atoms with Crippen LogP contribution in [0.1, 0.15) is 23.0 Å². The maximum absolute atomic E-state index is 15.3. The molecule has 6 aromatic rings. The zero-order chi connectivity index (χ0) is 28.6. The third-order valence-electron chi connectivity index (χ3n) is 8.72. The van der Waals surface area contributed by atoms with E-state index in [1.165, 1.54) is 0 Å². The van der Waals surface area contributed by atoms with Crippen LogP contribution in [-0.4, -0.2) is 17.0 Å². The monoisotopic (exact) mass is 547 g/mol. The zero-order valence-electron chi connectivity index (χ0n) is 22.9. The van der Waals surface area contributed by atoms with E-state index >= 15 is 4.79 Å². The molecule has 0 saturated heterocycles. The first kappa shape index (κ1) is 25.7. The lowest BCUT2D eigenvalue weighted by atomic mass is 9.52. The average molecular weight is 548 g/mol. The molecule has 1 fully saturated rings. The number of hydrogen-bond acceptors (Lipinski definition) is 2. The summed E-state index contributed by atoms with van der Waals surface area (Å²) >= 11 is 0. The molecule has 1 aliphatic carbocycles. The summed E-state index contributed by atoms with van der Waals surface area (Å²) in [6.07, 6.45) is 0. The zero-order valence-corrected chi connectivity index (χ0v) is 22.9. The highest BCUT2D eigenvalue weighted by molar-refractivity contribution is 6.14. The largest absolute Gasteiger partial charge is 0.481 e. The molecule has 1 saturated carbocycles. The van der Waals surface area contributed by atoms with Crippen LogP contribution in [-0.2, 0) is 9.59 Å². The van der Waals surface area contributed by atoms with Gasteiger partial charge in [0.05, 0.1) is 23.2 Å². The smallest absolute Gasteiger partial charge is 0.307 e. The van der Waals surface area contributed by atoms with E-state index in [4.69, 9.17) is 0 Å². The molecule has 1 aliphatic rings. The standard InChI is InChI=1S/C38H29NO3/c40-37(35-33(27-15-3-1-4-16-27)36(38(41)42)34(35)28-17-5-2-6-18-28)39(31-23-11-19-25-13-7-9-21-29(25)31)32-24-12-20-26-14-8-10-22-30(26)32/h1-24,33-36H,(H,41,42). The number of carboxylic acid groups (broad SMARTS) is 1. The number of carbonyl (C=O) groups is 2. The molecule has 6 aromatic carbocycles. The Labute approximate surface area is 244 Å². The Hall–Kier alpha value is -5.22. The van der Waals surface area contributed by atoms with Gasteiger partial charge in [-0.25, -0.2) is 0 Å². The SMILES string of the molecule is O=C(O)C1C(c2ccccc2)C(C(=O)N(c2cccc3ccccc23)c2cccc3ccccc23)C1c1ccccc1. The van der Waals surface area contributed by atoms with Gasteiger partial charge < -0.3 is 5.11 Å². The summed E-state index contributed by atoms with van der Waals surface area (Å²) in [6, 6.07) is 47.5. The molecule has 0 bridgehead atoms. The maximum Gasteiger partial charge on any atom is 0.307 e. The van der Waals surface area contributed by atoms with Crippen molar-refractivity contribution in [1.29, 1.82) is 0 Å². The fourth-order valence-electron chi connectivity index (χ4n) is 6.87. The number of aliphatic carboxylic acids is 1. The second-order valence-electron chi connectivity index (χ2n) is 10.9. The van der Waals surface area contributed by atoms with Gasteiger partial charge in [0.1, 0.15) is 0 Å². The molecule has 204 valence electrons. The molecule has 4 nitrogen and oxygen atoms in total. The highest BCUT2D eigenvalue weighted by Crippen LogP contribution is 2.59. The van der Waals surface area contributed by atoms with Crippen LogP contribution in [0.15, 0.2) is 146 Å². The molecule has 42 heavy (non-hydrogen) atoms. The lowest BCUT2D eigenvalue weighted by molar-refractivity contribution is -0.152. The van der Waals surface area contributed by atoms with Gasteiger partial charge >= 0.3 is 5.97 Å². The Bertz CT molecular complexity index is 1780. The van der Waals surface area contributed by atoms with Gasteiger partial charge in [-0.2, -0.15) is 0 Å². The van der Waals surface area contributed by atoms with Gasteiger partial charge in [-0.15, -0.1) is 0 Å². The topological polar surface area (TPSA) is 57.6 Å². The minimum Gasteiger partial charge on any atom is -0.481 e. The van der Waals surface area contributed by atoms with Crippen LogP contribution in [0.3, 0.4) is 0 Å². The molecule has 7 rings (SSSR count). The van der Waals surface area contributed by atoms with Gasteiger partial charge in [-0.05, 0) is 34.0 Å². The van der Waals surface area contributed by atoms with Gasteiger partial charge in [-0.3, -0.25) is 14.5 Å². The second-order valence-corrected chi connectivity index (χ2v) is 10.9. The maximum atomic E-state index is 15.3. The van der Waals surface area contributed by atoms with Crippen LogP contribution in [0, 0.1) is 11.8 Å². The van der Waals surface area contributed by atoms with Crippen molar-refractivity contribution in [3.8, 4) is 0 Å². The number of rotatable bonds is 6. The summed E-state index contributed by atoms with van der Waals surface area (Å²) < 4.78 is 0. The summed E-state index contributed by atoms with van der Waals surface area (Å²) in [4.78, 5) is 30.0. The minimum atomic E-state index is -0.886. The Morgan fingerprint density at radius 2 is 0.881 bits per heavy atom. The lowest BCUT2D eigenvalue weighted by Crippen LogP contribution is -2.54. The quantitative estimate of drug-likeness (QED) is 0.227. The molecule has 0 aliphatic heterocycles. The summed E-state index contributed by atoms with van der Waals surface area (Å²) in [7, 11) is 0. The lowest BCUT2D eigenvalue weighted by Gasteiger charge is -2.51. The van der Waals surface area contributed by atoms with E-state index in [2.05, 4.69) is 0 Å². The molecule has 2 unspecified atom stereocenters. The Kier molecular flexibility index (Phi) is 6.52. The van der Waals surface area contributed by atoms with Crippen molar-refractivity contribution < 1.29 is 14.7 Å². The first-order valence-electron chi connectivity index (χ1n) is 14.3. The van der Waals surface area contributed by atoms with Crippen molar-refractivity contribution in [1.82, 2.24) is 0 Å². The number of benzene rings is 6. The van der Waals surface area contributed by atoms with Crippen molar-refractivity contribution in [2.45, 2.75) is 11.8 Å². The Morgan fingerprint density at radius 1 is 0.476 bits per heavy atom. The van der Waals surface area contributed by atoms with Gasteiger partial charge in [0.15, 0.2) is 0 Å². The van der Waals surface area contributed by atoms with E-state index in [1.54, 1.807) is 0 Å². The first-order valence-corrected chi connectivity index (χ1v) is 14.3. The number of anilines is 2. The van der Waals surface area contributed by atoms with E-state index in [0.29, 0.717) is 0 Å². The molecule has 0 heterocycles. The average Bonchev–Trinajstić information content (AvgIpc) is 3.02. The molecule has 0 spiro atoms. The third-order valence-corrected chi connectivity index (χ3v) is 8.72. The third kappa shape index (κ3) is 4.24. The number of carboxylic acids is 1. The normalized spacial score (nSPS) is 19.7. The van der Waals surface area contributed by atoms with E-state index in [-0.39, 0.29) is 5.91 Å². The van der Waals surface area contributed by atoms with E-state index in [0.717, 1.165) is 44.0 Å². The predicted octanol–water partition coefficient (Wildman–Crippen LogP) is 8.56. The van der Waals surface area contributed by atoms with E-state index < -0.39 is 29.6 Å². The Morgan fingerprint density at radius 3 is 1.33 bits per heavy atom. The van der Waals surface area contributed by atoms with Crippen LogP contribution in [0.25, 0.3) is 21.5 Å². The number of fused-ring (bicyclic) bond motifs is 2. The van der Waals surface area contributed by atoms with E-state index in [1.807, 2.05) is 150 Å². The second kappa shape index (κ2) is 10.6. The Balaban J connectivity index is 1.47. The number of nitrogens with zero attached hydrogens (tertiary/aromatic N) is 1. The predicted molar refractivity (Wildman–Crippen MR) is 168 cm³/mol. The van der Waals surface area contributed by atoms with Crippen molar-refractivity contribution >= 4 is 44.8 Å². The number of amides is 1. The molecular formula is C38H29NO3. The van der Waals surface area contributed by atoms with Crippen LogP contribution < -0.4 is 4.90 Å². The van der Waals surface area contributed by atoms with Gasteiger partial charge in [0, 0.05) is 22.6 Å². The van der Waals surface area contributed by atoms with Crippen LogP contribution in [0.4, 0.5) is 11.4 Å². The van der Waals surface area contributed by atoms with Crippen LogP contribution in [0.5, 0.6) is 0 Å². The van der Waals surface area contributed by atoms with Crippen LogP contribution in [0.2, 0.25) is 0 Å². The molecule has 4 heteroatoms. The van der Waals surface area contributed by atoms with Crippen molar-refractivity contribution in [2.24, 2.45) is 11.8 Å². The highest BCUT2D eigenvalue weighted by atomic mass is 16.4. The van der Waals surface area contributed by atoms with Gasteiger partial charge in [0.2, 0.25) is 5.91 Å². The van der Waals surface area contributed by atoms with E-state index in [9.17, 15) is 9.90 Å². The van der Waals surface area contributed by atoms with Crippen molar-refractivity contribution in [2.75, 3.05) is 4.90 Å². The summed E-state index contributed by atoms with van der Waals surface area (Å²) in [5, 5.41) is 14.5. The van der Waals surface area contributed by atoms with Gasteiger partial charge in [-0.1, -0.05) is 133 Å². The highest BCUT2D eigenvalue weighted by Gasteiger charge is 2.59. The van der Waals surface area contributed by atoms with Gasteiger partial charge in [0.25, 0.3) is 0 Å². The molecule has 1 amide bonds. The van der Waals surface area contributed by atoms with Crippen LogP contribution >= 0.6 is 0 Å². The molecule has 2 atom stereocenters. The molecule has 0 aromatic heterocycles. The molecular weight excluding hydrogens is 518 g/mol. The van der Waals surface area contributed by atoms with Crippen molar-refractivity contribution in [3.05, 3.63) is 157 Å². The molecule has 1 N–H and O–H groups in total. The fraction of sp³-hybridized carbons (Fsp3) is 0.105. The minimum absolute atomic E-state index is 0.108. The van der Waals surface area contributed by atoms with Crippen molar-refractivity contribution in [3.63, 3.8) is 0 Å².